The summed E-state index contributed by atoms with van der Waals surface area (Å²) in [6, 6.07) is 0. The molecule has 0 saturated heterocycles. The summed E-state index contributed by atoms with van der Waals surface area (Å²) in [6.45, 7) is 19.3. The number of carbonyl (C=O) groups excluding carboxylic acids is 4. The van der Waals surface area contributed by atoms with Crippen LogP contribution in [0.4, 0.5) is 79.0 Å². The lowest BCUT2D eigenvalue weighted by atomic mass is 10.0. The number of hydrogen-bond donors (Lipinski definition) is 1. The van der Waals surface area contributed by atoms with Crippen LogP contribution >= 0.6 is 0 Å². The number of rotatable bonds is 45. The molecule has 33 heteroatoms. The molecule has 0 aromatic heterocycles. The fourth-order valence-corrected chi connectivity index (χ4v) is 5.41. The molecule has 0 aliphatic heterocycles. The highest BCUT2D eigenvalue weighted by Gasteiger charge is 2.82. The van der Waals surface area contributed by atoms with Gasteiger partial charge in [0, 0.05) is 92.3 Å². The molecule has 0 spiro atoms. The lowest BCUT2D eigenvalue weighted by Gasteiger charge is -2.33. The number of aliphatic hydroxyl groups is 1. The van der Waals surface area contributed by atoms with E-state index in [4.69, 9.17) is 38.3 Å². The van der Waals surface area contributed by atoms with Gasteiger partial charge in [-0.2, -0.15) is 79.0 Å². The SMILES string of the molecule is CCC(C)C(=O)OC.CCC(C)C(=O)OCCC(F)(F)C(F)(F)C(F)(F)C(F)(F)F.CCC(C)C(=O)OCCC(F)(F)C(F)(F)C(F)(F)C(F)(F)F.CCC(C)C(=O)OCCCOCCCOCCCOCCCOCCCOCCCOCCCO. The zero-order valence-electron chi connectivity index (χ0n) is 50.8. The number of alkyl halides is 18. The lowest BCUT2D eigenvalue weighted by Crippen LogP contribution is -2.61. The first-order valence-corrected chi connectivity index (χ1v) is 28.2. The van der Waals surface area contributed by atoms with Crippen LogP contribution in [0.2, 0.25) is 0 Å². The minimum Gasteiger partial charge on any atom is -0.469 e. The van der Waals surface area contributed by atoms with Gasteiger partial charge >= 0.3 is 71.8 Å². The van der Waals surface area contributed by atoms with Crippen LogP contribution in [-0.4, -0.2) is 190 Å². The molecule has 0 amide bonds. The molecule has 0 aliphatic carbocycles. The monoisotopic (exact) mass is 1320 g/mol. The van der Waals surface area contributed by atoms with Crippen molar-refractivity contribution in [1.29, 1.82) is 0 Å². The molecular weight excluding hydrogens is 1230 g/mol. The Morgan fingerprint density at radius 2 is 0.529 bits per heavy atom. The molecule has 0 bridgehead atoms. The number of aliphatic hydroxyl groups excluding tert-OH is 1. The maximum atomic E-state index is 13.0. The van der Waals surface area contributed by atoms with E-state index in [0.29, 0.717) is 92.3 Å². The van der Waals surface area contributed by atoms with Crippen LogP contribution in [0.3, 0.4) is 0 Å². The molecule has 0 heterocycles. The van der Waals surface area contributed by atoms with Crippen molar-refractivity contribution in [2.24, 2.45) is 23.7 Å². The second-order valence-corrected chi connectivity index (χ2v) is 19.3. The van der Waals surface area contributed by atoms with Gasteiger partial charge < -0.3 is 52.5 Å². The zero-order valence-corrected chi connectivity index (χ0v) is 50.8. The van der Waals surface area contributed by atoms with Crippen molar-refractivity contribution in [1.82, 2.24) is 0 Å². The summed E-state index contributed by atoms with van der Waals surface area (Å²) < 4.78 is 276. The minimum atomic E-state index is -6.93. The van der Waals surface area contributed by atoms with E-state index in [-0.39, 0.29) is 43.2 Å². The normalized spacial score (nSPS) is 14.0. The fourth-order valence-electron chi connectivity index (χ4n) is 5.41. The van der Waals surface area contributed by atoms with Gasteiger partial charge in [-0.3, -0.25) is 19.2 Å². The van der Waals surface area contributed by atoms with E-state index in [1.807, 2.05) is 27.7 Å². The number of methoxy groups -OCH3 is 1. The van der Waals surface area contributed by atoms with E-state index in [1.165, 1.54) is 34.8 Å². The number of ether oxygens (including phenoxy) is 10. The number of esters is 4. The third-order valence-electron chi connectivity index (χ3n) is 12.0. The number of hydrogen-bond acceptors (Lipinski definition) is 15. The van der Waals surface area contributed by atoms with Crippen LogP contribution in [-0.2, 0) is 66.5 Å². The van der Waals surface area contributed by atoms with Crippen molar-refractivity contribution in [3.8, 4) is 0 Å². The quantitative estimate of drug-likeness (QED) is 0.0263. The third kappa shape index (κ3) is 37.3. The predicted octanol–water partition coefficient (Wildman–Crippen LogP) is 13.5. The summed E-state index contributed by atoms with van der Waals surface area (Å²) in [7, 11) is 1.41. The molecule has 4 unspecified atom stereocenters. The molecule has 87 heavy (non-hydrogen) atoms. The summed E-state index contributed by atoms with van der Waals surface area (Å²) in [5.74, 6) is -42.5. The van der Waals surface area contributed by atoms with Crippen molar-refractivity contribution >= 4 is 23.9 Å². The van der Waals surface area contributed by atoms with Gasteiger partial charge in [-0.1, -0.05) is 55.4 Å². The summed E-state index contributed by atoms with van der Waals surface area (Å²) in [5, 5.41) is 8.64. The van der Waals surface area contributed by atoms with Gasteiger partial charge in [0.15, 0.2) is 0 Å². The molecule has 0 fully saturated rings. The van der Waals surface area contributed by atoms with Crippen LogP contribution in [0.1, 0.15) is 139 Å². The van der Waals surface area contributed by atoms with E-state index < -0.39 is 97.7 Å². The Bertz CT molecular complexity index is 1690. The Kier molecular flexibility index (Phi) is 48.8. The molecule has 0 radical (unpaired) electrons. The molecule has 0 saturated carbocycles. The summed E-state index contributed by atoms with van der Waals surface area (Å²) in [6.07, 6.45) is -10.1. The van der Waals surface area contributed by atoms with Crippen LogP contribution in [0, 0.1) is 23.7 Å². The Hall–Kier alpha value is -3.66. The summed E-state index contributed by atoms with van der Waals surface area (Å²) in [5.41, 5.74) is 0. The molecule has 0 rings (SSSR count). The Labute approximate surface area is 497 Å². The van der Waals surface area contributed by atoms with Crippen molar-refractivity contribution in [3.63, 3.8) is 0 Å². The van der Waals surface area contributed by atoms with E-state index >= 15 is 0 Å². The Balaban J connectivity index is -0.000000576. The van der Waals surface area contributed by atoms with Gasteiger partial charge in [0.1, 0.15) is 0 Å². The highest BCUT2D eigenvalue weighted by molar-refractivity contribution is 5.72. The topological polar surface area (TPSA) is 181 Å². The molecular formula is C54H90F18O15. The van der Waals surface area contributed by atoms with Gasteiger partial charge in [-0.05, 0) is 64.2 Å². The van der Waals surface area contributed by atoms with E-state index in [9.17, 15) is 98.2 Å². The average Bonchev–Trinajstić information content (AvgIpc) is 1.30. The average molecular weight is 1320 g/mol. The van der Waals surface area contributed by atoms with Crippen molar-refractivity contribution in [2.75, 3.05) is 113 Å². The van der Waals surface area contributed by atoms with Gasteiger partial charge in [-0.25, -0.2) is 0 Å². The van der Waals surface area contributed by atoms with Crippen molar-refractivity contribution < 1.29 is 151 Å². The van der Waals surface area contributed by atoms with Crippen LogP contribution < -0.4 is 0 Å². The highest BCUT2D eigenvalue weighted by Crippen LogP contribution is 2.55. The molecule has 1 N–H and O–H groups in total. The molecule has 4 atom stereocenters. The number of carbonyl (C=O) groups is 4. The van der Waals surface area contributed by atoms with Crippen molar-refractivity contribution in [2.45, 2.75) is 187 Å². The highest BCUT2D eigenvalue weighted by atomic mass is 19.4. The predicted molar refractivity (Wildman–Crippen MR) is 278 cm³/mol. The zero-order chi connectivity index (χ0) is 68.2. The Morgan fingerprint density at radius 3 is 0.724 bits per heavy atom. The second kappa shape index (κ2) is 47.3. The smallest absolute Gasteiger partial charge is 0.460 e. The number of halogens is 18. The van der Waals surface area contributed by atoms with Crippen LogP contribution in [0.5, 0.6) is 0 Å². The largest absolute Gasteiger partial charge is 0.469 e. The third-order valence-corrected chi connectivity index (χ3v) is 12.0. The standard InChI is InChI=1S/C26H52O9.2C11H13F9O2.C6H12O2/c1-3-25(2)26(28)35-24-10-23-34-22-9-21-33-20-8-19-32-18-7-17-31-16-6-15-30-14-5-13-29-12-4-11-27;2*1-3-6(2)7(21)22-5-4-8(12,13)9(14,15)10(16,17)11(18,19)20;1-4-5(2)6(7)8-3/h25,27H,3-24H2,1-2H3;2*6H,3-5H2,1-2H3;5H,4H2,1-3H3. The lowest BCUT2D eigenvalue weighted by molar-refractivity contribution is -0.397. The van der Waals surface area contributed by atoms with Crippen LogP contribution in [0.15, 0.2) is 0 Å². The summed E-state index contributed by atoms with van der Waals surface area (Å²) in [4.78, 5) is 44.2. The van der Waals surface area contributed by atoms with Gasteiger partial charge in [0.2, 0.25) is 0 Å². The molecule has 0 aromatic rings. The molecule has 0 aromatic carbocycles. The van der Waals surface area contributed by atoms with Crippen LogP contribution in [0.25, 0.3) is 0 Å². The first-order valence-electron chi connectivity index (χ1n) is 28.2. The second-order valence-electron chi connectivity index (χ2n) is 19.3. The van der Waals surface area contributed by atoms with E-state index in [1.54, 1.807) is 0 Å². The minimum absolute atomic E-state index is 0.0278. The van der Waals surface area contributed by atoms with Gasteiger partial charge in [-0.15, -0.1) is 0 Å². The van der Waals surface area contributed by atoms with Gasteiger partial charge in [0.25, 0.3) is 0 Å². The molecule has 522 valence electrons. The van der Waals surface area contributed by atoms with Gasteiger partial charge in [0.05, 0.1) is 63.4 Å². The van der Waals surface area contributed by atoms with Crippen molar-refractivity contribution in [3.05, 3.63) is 0 Å². The van der Waals surface area contributed by atoms with E-state index in [2.05, 4.69) is 14.2 Å². The maximum absolute atomic E-state index is 13.0. The maximum Gasteiger partial charge on any atom is 0.460 e. The first-order chi connectivity index (χ1) is 40.2. The molecule has 15 nitrogen and oxygen atoms in total. The van der Waals surface area contributed by atoms with E-state index in [0.717, 1.165) is 51.4 Å². The molecule has 0 aliphatic rings. The summed E-state index contributed by atoms with van der Waals surface area (Å²) >= 11 is 0. The first kappa shape index (κ1) is 89.8. The Morgan fingerprint density at radius 1 is 0.322 bits per heavy atom. The fraction of sp³-hybridized carbons (Fsp3) is 0.926.